The first-order valence-electron chi connectivity index (χ1n) is 7.27. The van der Waals surface area contributed by atoms with Gasteiger partial charge in [-0.1, -0.05) is 23.7 Å². The highest BCUT2D eigenvalue weighted by atomic mass is 35.5. The van der Waals surface area contributed by atoms with Crippen molar-refractivity contribution in [3.05, 3.63) is 58.9 Å². The SMILES string of the molecule is COc1ccc(Cl)cc1C(=O)NNC(=O)[C@H](C)Oc1ccccc1F. The highest BCUT2D eigenvalue weighted by Gasteiger charge is 2.19. The van der Waals surface area contributed by atoms with Crippen molar-refractivity contribution in [1.29, 1.82) is 0 Å². The second-order valence-corrected chi connectivity index (χ2v) is 5.41. The number of carbonyl (C=O) groups excluding carboxylic acids is 2. The minimum atomic E-state index is -1.03. The van der Waals surface area contributed by atoms with Crippen molar-refractivity contribution in [2.24, 2.45) is 0 Å². The fourth-order valence-corrected chi connectivity index (χ4v) is 2.10. The highest BCUT2D eigenvalue weighted by molar-refractivity contribution is 6.31. The summed E-state index contributed by atoms with van der Waals surface area (Å²) in [5.74, 6) is -1.63. The number of ether oxygens (including phenoxy) is 2. The molecule has 25 heavy (non-hydrogen) atoms. The zero-order valence-corrected chi connectivity index (χ0v) is 14.3. The van der Waals surface area contributed by atoms with E-state index in [0.29, 0.717) is 10.8 Å². The van der Waals surface area contributed by atoms with Crippen LogP contribution in [0.15, 0.2) is 42.5 Å². The second kappa shape index (κ2) is 8.34. The van der Waals surface area contributed by atoms with Gasteiger partial charge >= 0.3 is 0 Å². The third-order valence-corrected chi connectivity index (χ3v) is 3.45. The number of amides is 2. The molecule has 0 saturated heterocycles. The smallest absolute Gasteiger partial charge is 0.279 e. The number of halogens is 2. The molecule has 2 aromatic rings. The lowest BCUT2D eigenvalue weighted by atomic mass is 10.2. The van der Waals surface area contributed by atoms with E-state index in [1.54, 1.807) is 12.1 Å². The van der Waals surface area contributed by atoms with E-state index in [1.165, 1.54) is 44.4 Å². The number of hydrogen-bond acceptors (Lipinski definition) is 4. The Morgan fingerprint density at radius 2 is 1.84 bits per heavy atom. The molecule has 0 saturated carbocycles. The summed E-state index contributed by atoms with van der Waals surface area (Å²) in [6.45, 7) is 1.42. The van der Waals surface area contributed by atoms with Crippen LogP contribution in [0, 0.1) is 5.82 Å². The van der Waals surface area contributed by atoms with E-state index in [2.05, 4.69) is 10.9 Å². The number of methoxy groups -OCH3 is 1. The van der Waals surface area contributed by atoms with Crippen LogP contribution in [0.2, 0.25) is 5.02 Å². The lowest BCUT2D eigenvalue weighted by Gasteiger charge is -2.16. The van der Waals surface area contributed by atoms with Crippen molar-refractivity contribution in [2.75, 3.05) is 7.11 Å². The number of nitrogens with one attached hydrogen (secondary N) is 2. The first-order chi connectivity index (χ1) is 11.9. The number of hydrazine groups is 1. The maximum Gasteiger partial charge on any atom is 0.279 e. The van der Waals surface area contributed by atoms with E-state index < -0.39 is 23.7 Å². The summed E-state index contributed by atoms with van der Waals surface area (Å²) in [6, 6.07) is 10.2. The molecule has 0 fully saturated rings. The van der Waals surface area contributed by atoms with Gasteiger partial charge in [0.05, 0.1) is 12.7 Å². The van der Waals surface area contributed by atoms with Crippen molar-refractivity contribution in [3.63, 3.8) is 0 Å². The number of hydrogen-bond donors (Lipinski definition) is 2. The van der Waals surface area contributed by atoms with Gasteiger partial charge in [0.15, 0.2) is 17.7 Å². The van der Waals surface area contributed by atoms with E-state index >= 15 is 0 Å². The summed E-state index contributed by atoms with van der Waals surface area (Å²) >= 11 is 5.86. The zero-order valence-electron chi connectivity index (χ0n) is 13.5. The van der Waals surface area contributed by atoms with Gasteiger partial charge in [-0.3, -0.25) is 20.4 Å². The average Bonchev–Trinajstić information content (AvgIpc) is 2.61. The Labute approximate surface area is 148 Å². The van der Waals surface area contributed by atoms with Gasteiger partial charge in [0.25, 0.3) is 11.8 Å². The third-order valence-electron chi connectivity index (χ3n) is 3.22. The number of carbonyl (C=O) groups is 2. The molecule has 2 rings (SSSR count). The summed E-state index contributed by atoms with van der Waals surface area (Å²) in [6.07, 6.45) is -1.03. The maximum absolute atomic E-state index is 13.5. The fraction of sp³-hybridized carbons (Fsp3) is 0.176. The summed E-state index contributed by atoms with van der Waals surface area (Å²) < 4.78 is 23.8. The van der Waals surface area contributed by atoms with Crippen LogP contribution >= 0.6 is 11.6 Å². The second-order valence-electron chi connectivity index (χ2n) is 4.98. The van der Waals surface area contributed by atoms with E-state index in [0.717, 1.165) is 0 Å². The molecule has 0 aliphatic carbocycles. The van der Waals surface area contributed by atoms with Gasteiger partial charge < -0.3 is 9.47 Å². The van der Waals surface area contributed by atoms with Gasteiger partial charge in [-0.25, -0.2) is 4.39 Å². The highest BCUT2D eigenvalue weighted by Crippen LogP contribution is 2.22. The lowest BCUT2D eigenvalue weighted by Crippen LogP contribution is -2.47. The van der Waals surface area contributed by atoms with E-state index in [9.17, 15) is 14.0 Å². The van der Waals surface area contributed by atoms with Crippen molar-refractivity contribution >= 4 is 23.4 Å². The Morgan fingerprint density at radius 3 is 2.52 bits per heavy atom. The summed E-state index contributed by atoms with van der Waals surface area (Å²) in [7, 11) is 1.41. The fourth-order valence-electron chi connectivity index (χ4n) is 1.93. The minimum absolute atomic E-state index is 0.0620. The Balaban J connectivity index is 1.96. The molecule has 0 aliphatic rings. The normalized spacial score (nSPS) is 11.4. The maximum atomic E-state index is 13.5. The van der Waals surface area contributed by atoms with Crippen molar-refractivity contribution < 1.29 is 23.5 Å². The van der Waals surface area contributed by atoms with Crippen molar-refractivity contribution in [2.45, 2.75) is 13.0 Å². The Bertz CT molecular complexity index is 785. The summed E-state index contributed by atoms with van der Waals surface area (Å²) in [4.78, 5) is 24.1. The molecule has 0 bridgehead atoms. The topological polar surface area (TPSA) is 76.7 Å². The molecule has 8 heteroatoms. The molecule has 1 atom stereocenters. The monoisotopic (exact) mass is 366 g/mol. The standard InChI is InChI=1S/C17H16ClFN2O4/c1-10(25-15-6-4-3-5-13(15)19)16(22)20-21-17(23)12-9-11(18)7-8-14(12)24-2/h3-10H,1-2H3,(H,20,22)(H,21,23)/t10-/m0/s1. The molecule has 2 aromatic carbocycles. The van der Waals surface area contributed by atoms with Gasteiger partial charge in [0, 0.05) is 5.02 Å². The number of para-hydroxylation sites is 1. The van der Waals surface area contributed by atoms with Crippen LogP contribution in [0.25, 0.3) is 0 Å². The molecule has 2 N–H and O–H groups in total. The predicted molar refractivity (Wildman–Crippen MR) is 90.1 cm³/mol. The minimum Gasteiger partial charge on any atom is -0.496 e. The van der Waals surface area contributed by atoms with Gasteiger partial charge in [-0.2, -0.15) is 0 Å². The van der Waals surface area contributed by atoms with Crippen LogP contribution in [0.3, 0.4) is 0 Å². The molecule has 0 aromatic heterocycles. The van der Waals surface area contributed by atoms with E-state index in [-0.39, 0.29) is 11.3 Å². The Hall–Kier alpha value is -2.80. The molecule has 132 valence electrons. The molecule has 6 nitrogen and oxygen atoms in total. The largest absolute Gasteiger partial charge is 0.496 e. The Morgan fingerprint density at radius 1 is 1.12 bits per heavy atom. The van der Waals surface area contributed by atoms with Gasteiger partial charge in [0.1, 0.15) is 5.75 Å². The van der Waals surface area contributed by atoms with Crippen LogP contribution in [0.4, 0.5) is 4.39 Å². The predicted octanol–water partition coefficient (Wildman–Crippen LogP) is 2.72. The molecular formula is C17H16ClFN2O4. The van der Waals surface area contributed by atoms with Gasteiger partial charge in [-0.15, -0.1) is 0 Å². The first kappa shape index (κ1) is 18.5. The molecule has 0 heterocycles. The van der Waals surface area contributed by atoms with Gasteiger partial charge in [0.2, 0.25) is 0 Å². The first-order valence-corrected chi connectivity index (χ1v) is 7.65. The zero-order chi connectivity index (χ0) is 18.4. The van der Waals surface area contributed by atoms with Crippen molar-refractivity contribution in [1.82, 2.24) is 10.9 Å². The van der Waals surface area contributed by atoms with E-state index in [4.69, 9.17) is 21.1 Å². The lowest BCUT2D eigenvalue weighted by molar-refractivity contribution is -0.128. The Kier molecular flexibility index (Phi) is 6.19. The van der Waals surface area contributed by atoms with Crippen LogP contribution in [-0.2, 0) is 4.79 Å². The van der Waals surface area contributed by atoms with E-state index in [1.807, 2.05) is 0 Å². The molecule has 0 aliphatic heterocycles. The van der Waals surface area contributed by atoms with Crippen LogP contribution in [-0.4, -0.2) is 25.0 Å². The molecule has 2 amide bonds. The third kappa shape index (κ3) is 4.84. The molecular weight excluding hydrogens is 351 g/mol. The quantitative estimate of drug-likeness (QED) is 0.798. The van der Waals surface area contributed by atoms with Gasteiger partial charge in [-0.05, 0) is 37.3 Å². The number of benzene rings is 2. The number of rotatable bonds is 5. The van der Waals surface area contributed by atoms with Crippen LogP contribution in [0.5, 0.6) is 11.5 Å². The summed E-state index contributed by atoms with van der Waals surface area (Å²) in [5.41, 5.74) is 4.59. The molecule has 0 unspecified atom stereocenters. The van der Waals surface area contributed by atoms with Crippen LogP contribution in [0.1, 0.15) is 17.3 Å². The molecule has 0 spiro atoms. The summed E-state index contributed by atoms with van der Waals surface area (Å²) in [5, 5.41) is 0.341. The molecule has 0 radical (unpaired) electrons. The van der Waals surface area contributed by atoms with Crippen LogP contribution < -0.4 is 20.3 Å². The van der Waals surface area contributed by atoms with Crippen molar-refractivity contribution in [3.8, 4) is 11.5 Å². The average molecular weight is 367 g/mol.